The molecular formula is C7H10O6S2. The summed E-state index contributed by atoms with van der Waals surface area (Å²) in [5, 5.41) is -1.35. The van der Waals surface area contributed by atoms with Crippen molar-refractivity contribution in [3.8, 4) is 0 Å². The molecule has 0 amide bonds. The highest BCUT2D eigenvalue weighted by atomic mass is 32.2. The number of rotatable bonds is 2. The zero-order chi connectivity index (χ0) is 11.9. The van der Waals surface area contributed by atoms with Crippen LogP contribution in [0.5, 0.6) is 0 Å². The molecule has 1 aliphatic rings. The molecule has 0 aromatic rings. The maximum atomic E-state index is 10.9. The minimum absolute atomic E-state index is 0.423. The van der Waals surface area contributed by atoms with E-state index >= 15 is 0 Å². The van der Waals surface area contributed by atoms with Crippen molar-refractivity contribution in [2.24, 2.45) is 5.92 Å². The lowest BCUT2D eigenvalue weighted by Crippen LogP contribution is -2.30. The zero-order valence-electron chi connectivity index (χ0n) is 7.73. The van der Waals surface area contributed by atoms with Crippen molar-refractivity contribution in [3.63, 3.8) is 0 Å². The normalized spacial score (nSPS) is 27.5. The molecule has 0 bridgehead atoms. The van der Waals surface area contributed by atoms with Crippen molar-refractivity contribution < 1.29 is 25.9 Å². The van der Waals surface area contributed by atoms with Crippen molar-refractivity contribution in [2.75, 3.05) is 0 Å². The maximum absolute atomic E-state index is 10.9. The molecule has 0 saturated heterocycles. The maximum Gasteiger partial charge on any atom is 0.290 e. The third kappa shape index (κ3) is 2.65. The van der Waals surface area contributed by atoms with Crippen molar-refractivity contribution >= 4 is 20.2 Å². The largest absolute Gasteiger partial charge is 0.290 e. The van der Waals surface area contributed by atoms with Gasteiger partial charge in [-0.2, -0.15) is 16.8 Å². The highest BCUT2D eigenvalue weighted by Gasteiger charge is 2.35. The fourth-order valence-electron chi connectivity index (χ4n) is 1.42. The lowest BCUT2D eigenvalue weighted by atomic mass is 10.0. The number of hydrogen-bond donors (Lipinski definition) is 2. The summed E-state index contributed by atoms with van der Waals surface area (Å²) in [6.07, 6.45) is 3.43. The van der Waals surface area contributed by atoms with Gasteiger partial charge in [0.2, 0.25) is 0 Å². The monoisotopic (exact) mass is 254 g/mol. The van der Waals surface area contributed by atoms with Gasteiger partial charge < -0.3 is 0 Å². The minimum Gasteiger partial charge on any atom is -0.285 e. The van der Waals surface area contributed by atoms with Gasteiger partial charge in [-0.15, -0.1) is 0 Å². The standard InChI is InChI=1S/C7H10O6S2/c1-5-6(14(8,9)10)3-2-4-7(5)15(11,12)13/h2-6H,1H3,(H,8,9,10)(H,11,12,13). The molecule has 0 aromatic carbocycles. The van der Waals surface area contributed by atoms with Gasteiger partial charge >= 0.3 is 0 Å². The predicted molar refractivity (Wildman–Crippen MR) is 53.3 cm³/mol. The molecule has 0 fully saturated rings. The Balaban J connectivity index is 3.21. The molecule has 2 unspecified atom stereocenters. The van der Waals surface area contributed by atoms with Gasteiger partial charge in [0.05, 0.1) is 4.91 Å². The molecular weight excluding hydrogens is 244 g/mol. The van der Waals surface area contributed by atoms with Gasteiger partial charge in [-0.25, -0.2) is 0 Å². The Morgan fingerprint density at radius 3 is 2.13 bits per heavy atom. The van der Waals surface area contributed by atoms with E-state index in [4.69, 9.17) is 9.11 Å². The van der Waals surface area contributed by atoms with Crippen molar-refractivity contribution in [1.29, 1.82) is 0 Å². The van der Waals surface area contributed by atoms with E-state index in [9.17, 15) is 16.8 Å². The van der Waals surface area contributed by atoms with E-state index in [0.717, 1.165) is 12.2 Å². The summed E-state index contributed by atoms with van der Waals surface area (Å²) in [5.41, 5.74) is 0. The third-order valence-corrected chi connectivity index (χ3v) is 4.50. The molecule has 0 aliphatic heterocycles. The molecule has 8 heteroatoms. The Labute approximate surface area is 87.8 Å². The Bertz CT molecular complexity index is 510. The third-order valence-electron chi connectivity index (χ3n) is 2.14. The van der Waals surface area contributed by atoms with Gasteiger partial charge in [-0.3, -0.25) is 9.11 Å². The van der Waals surface area contributed by atoms with Crippen LogP contribution in [-0.4, -0.2) is 31.2 Å². The Kier molecular flexibility index (Phi) is 3.06. The smallest absolute Gasteiger partial charge is 0.285 e. The van der Waals surface area contributed by atoms with Crippen molar-refractivity contribution in [1.82, 2.24) is 0 Å². The molecule has 6 nitrogen and oxygen atoms in total. The zero-order valence-corrected chi connectivity index (χ0v) is 9.36. The molecule has 0 saturated carbocycles. The van der Waals surface area contributed by atoms with Crippen LogP contribution in [0.4, 0.5) is 0 Å². The van der Waals surface area contributed by atoms with Crippen LogP contribution in [-0.2, 0) is 20.2 Å². The minimum atomic E-state index is -4.43. The van der Waals surface area contributed by atoms with Crippen LogP contribution < -0.4 is 0 Å². The molecule has 1 rings (SSSR count). The van der Waals surface area contributed by atoms with E-state index in [1.165, 1.54) is 13.0 Å². The fourth-order valence-corrected chi connectivity index (χ4v) is 3.32. The van der Waals surface area contributed by atoms with Crippen LogP contribution in [0.15, 0.2) is 23.1 Å². The van der Waals surface area contributed by atoms with E-state index in [2.05, 4.69) is 0 Å². The van der Waals surface area contributed by atoms with Gasteiger partial charge in [-0.1, -0.05) is 19.1 Å². The predicted octanol–water partition coefficient (Wildman–Crippen LogP) is 0.220. The van der Waals surface area contributed by atoms with E-state index < -0.39 is 36.3 Å². The molecule has 15 heavy (non-hydrogen) atoms. The molecule has 2 N–H and O–H groups in total. The summed E-state index contributed by atoms with van der Waals surface area (Å²) in [6.45, 7) is 1.29. The van der Waals surface area contributed by atoms with Crippen LogP contribution in [0.2, 0.25) is 0 Å². The first-order valence-electron chi connectivity index (χ1n) is 3.96. The second-order valence-corrected chi connectivity index (χ2v) is 6.19. The second-order valence-electron chi connectivity index (χ2n) is 3.20. The van der Waals surface area contributed by atoms with E-state index in [0.29, 0.717) is 0 Å². The molecule has 0 spiro atoms. The summed E-state index contributed by atoms with van der Waals surface area (Å²) in [6, 6.07) is 0. The number of hydrogen-bond acceptors (Lipinski definition) is 4. The summed E-state index contributed by atoms with van der Waals surface area (Å²) in [4.78, 5) is -0.423. The van der Waals surface area contributed by atoms with Gasteiger partial charge in [0, 0.05) is 5.92 Å². The van der Waals surface area contributed by atoms with Crippen LogP contribution in [0.25, 0.3) is 0 Å². The SMILES string of the molecule is CC1C(S(=O)(=O)O)=CC=CC1S(=O)(=O)O. The van der Waals surface area contributed by atoms with Crippen molar-refractivity contribution in [3.05, 3.63) is 23.1 Å². The summed E-state index contributed by atoms with van der Waals surface area (Å²) in [7, 11) is -8.81. The number of allylic oxidation sites excluding steroid dienone is 3. The van der Waals surface area contributed by atoms with E-state index in [1.807, 2.05) is 0 Å². The van der Waals surface area contributed by atoms with Crippen LogP contribution in [0.1, 0.15) is 6.92 Å². The quantitative estimate of drug-likeness (QED) is 0.682. The molecule has 0 aromatic heterocycles. The van der Waals surface area contributed by atoms with Crippen LogP contribution in [0.3, 0.4) is 0 Å². The fraction of sp³-hybridized carbons (Fsp3) is 0.429. The summed E-state index contributed by atoms with van der Waals surface area (Å²) >= 11 is 0. The Morgan fingerprint density at radius 1 is 1.20 bits per heavy atom. The first kappa shape index (κ1) is 12.4. The van der Waals surface area contributed by atoms with Gasteiger partial charge in [0.15, 0.2) is 0 Å². The van der Waals surface area contributed by atoms with E-state index in [1.54, 1.807) is 0 Å². The first-order valence-corrected chi connectivity index (χ1v) is 6.90. The average molecular weight is 254 g/mol. The first-order chi connectivity index (χ1) is 6.64. The van der Waals surface area contributed by atoms with Gasteiger partial charge in [0.25, 0.3) is 20.2 Å². The van der Waals surface area contributed by atoms with E-state index in [-0.39, 0.29) is 0 Å². The molecule has 1 aliphatic carbocycles. The van der Waals surface area contributed by atoms with Gasteiger partial charge in [0.1, 0.15) is 5.25 Å². The molecule has 86 valence electrons. The topological polar surface area (TPSA) is 109 Å². The second kappa shape index (κ2) is 3.71. The summed E-state index contributed by atoms with van der Waals surface area (Å²) < 4.78 is 61.0. The highest BCUT2D eigenvalue weighted by Crippen LogP contribution is 2.28. The molecule has 0 radical (unpaired) electrons. The lowest BCUT2D eigenvalue weighted by Gasteiger charge is -2.21. The summed E-state index contributed by atoms with van der Waals surface area (Å²) in [5.74, 6) is -1.01. The Morgan fingerprint density at radius 2 is 1.73 bits per heavy atom. The van der Waals surface area contributed by atoms with Gasteiger partial charge in [-0.05, 0) is 6.08 Å². The lowest BCUT2D eigenvalue weighted by molar-refractivity contribution is 0.458. The highest BCUT2D eigenvalue weighted by molar-refractivity contribution is 7.90. The van der Waals surface area contributed by atoms with Crippen molar-refractivity contribution in [2.45, 2.75) is 12.2 Å². The van der Waals surface area contributed by atoms with Crippen LogP contribution in [0, 0.1) is 5.92 Å². The Hall–Kier alpha value is -0.700. The average Bonchev–Trinajstić information content (AvgIpc) is 1.99. The van der Waals surface area contributed by atoms with Crippen LogP contribution >= 0.6 is 0 Å². The molecule has 2 atom stereocenters. The molecule has 0 heterocycles.